The van der Waals surface area contributed by atoms with E-state index >= 15 is 0 Å². The minimum absolute atomic E-state index is 0.277. The van der Waals surface area contributed by atoms with E-state index in [-0.39, 0.29) is 5.91 Å². The SMILES string of the molecule is CCCCCOc1ccc(C(=O)N=c2sc3cc(OC)ccc3n2CCOCC)cc1. The van der Waals surface area contributed by atoms with Gasteiger partial charge < -0.3 is 18.8 Å². The highest BCUT2D eigenvalue weighted by molar-refractivity contribution is 7.16. The second-order valence-electron chi connectivity index (χ2n) is 7.06. The number of rotatable bonds is 11. The standard InChI is InChI=1S/C24H30N2O4S/c1-4-6-7-15-30-19-10-8-18(9-11-19)23(27)25-24-26(14-16-29-5-2)21-13-12-20(28-3)17-22(21)31-24/h8-13,17H,4-7,14-16H2,1-3H3. The molecule has 0 aliphatic carbocycles. The Labute approximate surface area is 187 Å². The second-order valence-corrected chi connectivity index (χ2v) is 8.07. The number of unbranched alkanes of at least 4 members (excludes halogenated alkanes) is 2. The molecule has 0 atom stereocenters. The number of aromatic nitrogens is 1. The Morgan fingerprint density at radius 2 is 1.81 bits per heavy atom. The van der Waals surface area contributed by atoms with Gasteiger partial charge in [0.05, 0.1) is 30.5 Å². The predicted octanol–water partition coefficient (Wildman–Crippen LogP) is 5.06. The van der Waals surface area contributed by atoms with Crippen molar-refractivity contribution in [2.45, 2.75) is 39.7 Å². The average molecular weight is 443 g/mol. The first-order chi connectivity index (χ1) is 15.2. The molecule has 0 unspecified atom stereocenters. The molecule has 0 aliphatic heterocycles. The first-order valence-corrected chi connectivity index (χ1v) is 11.5. The number of hydrogen-bond donors (Lipinski definition) is 0. The number of fused-ring (bicyclic) bond motifs is 1. The smallest absolute Gasteiger partial charge is 0.279 e. The molecule has 0 aliphatic rings. The van der Waals surface area contributed by atoms with Gasteiger partial charge >= 0.3 is 0 Å². The Morgan fingerprint density at radius 1 is 1.03 bits per heavy atom. The van der Waals surface area contributed by atoms with Crippen LogP contribution in [0.2, 0.25) is 0 Å². The van der Waals surface area contributed by atoms with E-state index in [9.17, 15) is 4.79 Å². The van der Waals surface area contributed by atoms with Crippen LogP contribution in [0.15, 0.2) is 47.5 Å². The third-order valence-corrected chi connectivity index (χ3v) is 5.91. The number of hydrogen-bond acceptors (Lipinski definition) is 5. The highest BCUT2D eigenvalue weighted by Crippen LogP contribution is 2.23. The zero-order valence-corrected chi connectivity index (χ0v) is 19.2. The summed E-state index contributed by atoms with van der Waals surface area (Å²) in [6.07, 6.45) is 3.35. The fourth-order valence-electron chi connectivity index (χ4n) is 3.17. The molecule has 7 heteroatoms. The van der Waals surface area contributed by atoms with Gasteiger partial charge in [-0.15, -0.1) is 0 Å². The van der Waals surface area contributed by atoms with Crippen LogP contribution in [-0.4, -0.2) is 37.4 Å². The molecule has 166 valence electrons. The van der Waals surface area contributed by atoms with Crippen LogP contribution in [0.4, 0.5) is 0 Å². The van der Waals surface area contributed by atoms with Gasteiger partial charge in [0.2, 0.25) is 0 Å². The number of benzene rings is 2. The van der Waals surface area contributed by atoms with Gasteiger partial charge in [-0.3, -0.25) is 4.79 Å². The molecule has 3 aromatic rings. The monoisotopic (exact) mass is 442 g/mol. The number of amides is 1. The van der Waals surface area contributed by atoms with Crippen LogP contribution in [0.25, 0.3) is 10.2 Å². The Hall–Kier alpha value is -2.64. The lowest BCUT2D eigenvalue weighted by molar-refractivity contribution is 0.0996. The summed E-state index contributed by atoms with van der Waals surface area (Å²) < 4.78 is 19.6. The maximum Gasteiger partial charge on any atom is 0.279 e. The van der Waals surface area contributed by atoms with Crippen LogP contribution in [0, 0.1) is 0 Å². The topological polar surface area (TPSA) is 62.0 Å². The lowest BCUT2D eigenvalue weighted by Crippen LogP contribution is -2.19. The number of carbonyl (C=O) groups is 1. The highest BCUT2D eigenvalue weighted by Gasteiger charge is 2.11. The summed E-state index contributed by atoms with van der Waals surface area (Å²) in [6.45, 7) is 6.65. The van der Waals surface area contributed by atoms with Crippen molar-refractivity contribution >= 4 is 27.5 Å². The summed E-state index contributed by atoms with van der Waals surface area (Å²) in [5, 5.41) is 0. The normalized spacial score (nSPS) is 11.8. The molecule has 1 heterocycles. The average Bonchev–Trinajstić information content (AvgIpc) is 3.13. The summed E-state index contributed by atoms with van der Waals surface area (Å²) in [5.41, 5.74) is 1.54. The van der Waals surface area contributed by atoms with Crippen molar-refractivity contribution < 1.29 is 19.0 Å². The number of ether oxygens (including phenoxy) is 3. The Balaban J connectivity index is 1.84. The zero-order chi connectivity index (χ0) is 22.1. The van der Waals surface area contributed by atoms with Gasteiger partial charge in [-0.2, -0.15) is 4.99 Å². The molecule has 0 fully saturated rings. The minimum Gasteiger partial charge on any atom is -0.497 e. The first kappa shape index (κ1) is 23.0. The van der Waals surface area contributed by atoms with Gasteiger partial charge in [-0.05, 0) is 55.8 Å². The molecule has 3 rings (SSSR count). The number of thiazole rings is 1. The molecule has 0 N–H and O–H groups in total. The van der Waals surface area contributed by atoms with E-state index in [0.29, 0.717) is 36.7 Å². The number of carbonyl (C=O) groups excluding carboxylic acids is 1. The van der Waals surface area contributed by atoms with E-state index in [2.05, 4.69) is 11.9 Å². The van der Waals surface area contributed by atoms with Crippen LogP contribution in [0.3, 0.4) is 0 Å². The Bertz CT molecular complexity index is 1050. The maximum atomic E-state index is 12.8. The van der Waals surface area contributed by atoms with Gasteiger partial charge in [0.25, 0.3) is 5.91 Å². The van der Waals surface area contributed by atoms with Crippen molar-refractivity contribution in [3.05, 3.63) is 52.8 Å². The lowest BCUT2D eigenvalue weighted by atomic mass is 10.2. The fourth-order valence-corrected chi connectivity index (χ4v) is 4.25. The van der Waals surface area contributed by atoms with Crippen molar-refractivity contribution in [2.75, 3.05) is 26.9 Å². The van der Waals surface area contributed by atoms with Gasteiger partial charge in [0, 0.05) is 18.7 Å². The molecular weight excluding hydrogens is 412 g/mol. The second kappa shape index (κ2) is 11.7. The summed E-state index contributed by atoms with van der Waals surface area (Å²) in [6, 6.07) is 13.1. The summed E-state index contributed by atoms with van der Waals surface area (Å²) in [4.78, 5) is 17.9. The van der Waals surface area contributed by atoms with E-state index < -0.39 is 0 Å². The van der Waals surface area contributed by atoms with Crippen LogP contribution < -0.4 is 14.3 Å². The van der Waals surface area contributed by atoms with Gasteiger partial charge in [0.15, 0.2) is 4.80 Å². The summed E-state index contributed by atoms with van der Waals surface area (Å²) in [5.74, 6) is 1.27. The quantitative estimate of drug-likeness (QED) is 0.390. The van der Waals surface area contributed by atoms with Crippen molar-refractivity contribution in [3.63, 3.8) is 0 Å². The van der Waals surface area contributed by atoms with Crippen LogP contribution in [0.5, 0.6) is 11.5 Å². The Kier molecular flexibility index (Phi) is 8.67. The number of methoxy groups -OCH3 is 1. The molecule has 0 radical (unpaired) electrons. The summed E-state index contributed by atoms with van der Waals surface area (Å²) in [7, 11) is 1.64. The van der Waals surface area contributed by atoms with Gasteiger partial charge in [-0.1, -0.05) is 31.1 Å². The van der Waals surface area contributed by atoms with E-state index in [1.165, 1.54) is 11.3 Å². The molecule has 0 spiro atoms. The maximum absolute atomic E-state index is 12.8. The van der Waals surface area contributed by atoms with Crippen molar-refractivity contribution in [1.82, 2.24) is 4.57 Å². The third-order valence-electron chi connectivity index (χ3n) is 4.87. The van der Waals surface area contributed by atoms with Gasteiger partial charge in [-0.25, -0.2) is 0 Å². The predicted molar refractivity (Wildman–Crippen MR) is 124 cm³/mol. The molecule has 1 amide bonds. The Morgan fingerprint density at radius 3 is 2.52 bits per heavy atom. The summed E-state index contributed by atoms with van der Waals surface area (Å²) >= 11 is 1.47. The van der Waals surface area contributed by atoms with E-state index in [0.717, 1.165) is 41.0 Å². The molecule has 0 saturated heterocycles. The fraction of sp³-hybridized carbons (Fsp3) is 0.417. The van der Waals surface area contributed by atoms with Crippen LogP contribution >= 0.6 is 11.3 Å². The van der Waals surface area contributed by atoms with E-state index in [1.54, 1.807) is 19.2 Å². The number of nitrogens with zero attached hydrogens (tertiary/aromatic N) is 2. The molecule has 2 aromatic carbocycles. The van der Waals surface area contributed by atoms with E-state index in [4.69, 9.17) is 14.2 Å². The highest BCUT2D eigenvalue weighted by atomic mass is 32.1. The molecule has 31 heavy (non-hydrogen) atoms. The van der Waals surface area contributed by atoms with Crippen molar-refractivity contribution in [2.24, 2.45) is 4.99 Å². The molecular formula is C24H30N2O4S. The molecule has 6 nitrogen and oxygen atoms in total. The zero-order valence-electron chi connectivity index (χ0n) is 18.4. The van der Waals surface area contributed by atoms with Crippen molar-refractivity contribution in [1.29, 1.82) is 0 Å². The van der Waals surface area contributed by atoms with Gasteiger partial charge in [0.1, 0.15) is 11.5 Å². The lowest BCUT2D eigenvalue weighted by Gasteiger charge is -2.06. The first-order valence-electron chi connectivity index (χ1n) is 10.7. The minimum atomic E-state index is -0.277. The molecule has 0 bridgehead atoms. The largest absolute Gasteiger partial charge is 0.497 e. The van der Waals surface area contributed by atoms with Crippen LogP contribution in [0.1, 0.15) is 43.5 Å². The van der Waals surface area contributed by atoms with Crippen molar-refractivity contribution in [3.8, 4) is 11.5 Å². The molecule has 1 aromatic heterocycles. The van der Waals surface area contributed by atoms with Crippen LogP contribution in [-0.2, 0) is 11.3 Å². The molecule has 0 saturated carbocycles. The third kappa shape index (κ3) is 6.18. The van der Waals surface area contributed by atoms with E-state index in [1.807, 2.05) is 41.8 Å².